The normalized spacial score (nSPS) is 11.0. The zero-order chi connectivity index (χ0) is 12.4. The van der Waals surface area contributed by atoms with Crippen LogP contribution in [0.3, 0.4) is 0 Å². The van der Waals surface area contributed by atoms with Crippen molar-refractivity contribution in [3.8, 4) is 5.13 Å². The van der Waals surface area contributed by atoms with Gasteiger partial charge in [0.15, 0.2) is 5.69 Å². The quantitative estimate of drug-likeness (QED) is 0.894. The molecule has 0 radical (unpaired) electrons. The molecule has 17 heavy (non-hydrogen) atoms. The first-order valence-electron chi connectivity index (χ1n) is 5.17. The van der Waals surface area contributed by atoms with E-state index in [1.807, 2.05) is 19.2 Å². The molecule has 1 N–H and O–H groups in total. The number of nitrogens with zero attached hydrogens (tertiary/aromatic N) is 4. The Bertz CT molecular complexity index is 518. The van der Waals surface area contributed by atoms with Crippen LogP contribution < -0.4 is 0 Å². The Balaban J connectivity index is 2.49. The fraction of sp³-hybridized carbons (Fsp3) is 0.400. The van der Waals surface area contributed by atoms with Crippen LogP contribution in [0.2, 0.25) is 0 Å². The standard InChI is InChI=1S/C10H12N4O2S/c1-6(2)5-7-8(9(15)16)12-13-14(7)10-11-3-4-17-10/h3-4,6H,5H2,1-2H3,(H,15,16). The van der Waals surface area contributed by atoms with Crippen LogP contribution in [-0.4, -0.2) is 31.1 Å². The lowest BCUT2D eigenvalue weighted by Gasteiger charge is -2.06. The molecule has 2 heterocycles. The molecule has 2 rings (SSSR count). The predicted molar refractivity (Wildman–Crippen MR) is 62.5 cm³/mol. The third-order valence-electron chi connectivity index (χ3n) is 2.17. The molecule has 0 bridgehead atoms. The van der Waals surface area contributed by atoms with E-state index in [9.17, 15) is 4.79 Å². The number of carbonyl (C=O) groups is 1. The summed E-state index contributed by atoms with van der Waals surface area (Å²) < 4.78 is 1.51. The SMILES string of the molecule is CC(C)Cc1c(C(=O)O)nnn1-c1nccs1. The molecule has 0 saturated heterocycles. The molecule has 0 saturated carbocycles. The van der Waals surface area contributed by atoms with Gasteiger partial charge in [0.25, 0.3) is 0 Å². The van der Waals surface area contributed by atoms with Crippen molar-refractivity contribution in [2.24, 2.45) is 5.92 Å². The fourth-order valence-electron chi connectivity index (χ4n) is 1.51. The zero-order valence-corrected chi connectivity index (χ0v) is 10.3. The number of carboxylic acids is 1. The summed E-state index contributed by atoms with van der Waals surface area (Å²) in [4.78, 5) is 15.2. The van der Waals surface area contributed by atoms with Crippen LogP contribution >= 0.6 is 11.3 Å². The first kappa shape index (κ1) is 11.7. The second-order valence-electron chi connectivity index (χ2n) is 4.01. The molecule has 0 aliphatic heterocycles. The van der Waals surface area contributed by atoms with Crippen LogP contribution in [0.1, 0.15) is 30.0 Å². The second kappa shape index (κ2) is 4.62. The number of carboxylic acid groups (broad SMARTS) is 1. The summed E-state index contributed by atoms with van der Waals surface area (Å²) in [5.41, 5.74) is 0.608. The third kappa shape index (κ3) is 2.33. The largest absolute Gasteiger partial charge is 0.476 e. The van der Waals surface area contributed by atoms with Gasteiger partial charge in [0.2, 0.25) is 5.13 Å². The minimum Gasteiger partial charge on any atom is -0.476 e. The zero-order valence-electron chi connectivity index (χ0n) is 9.49. The number of hydrogen-bond donors (Lipinski definition) is 1. The molecule has 0 spiro atoms. The molecule has 2 aromatic rings. The highest BCUT2D eigenvalue weighted by atomic mass is 32.1. The Labute approximate surface area is 102 Å². The molecule has 0 amide bonds. The number of rotatable bonds is 4. The number of aromatic nitrogens is 4. The van der Waals surface area contributed by atoms with Crippen LogP contribution in [0.15, 0.2) is 11.6 Å². The summed E-state index contributed by atoms with van der Waals surface area (Å²) in [5.74, 6) is -0.728. The Morgan fingerprint density at radius 3 is 2.88 bits per heavy atom. The Morgan fingerprint density at radius 1 is 1.59 bits per heavy atom. The van der Waals surface area contributed by atoms with Gasteiger partial charge in [-0.15, -0.1) is 16.4 Å². The van der Waals surface area contributed by atoms with Crippen LogP contribution in [-0.2, 0) is 6.42 Å². The third-order valence-corrected chi connectivity index (χ3v) is 2.91. The lowest BCUT2D eigenvalue weighted by atomic mass is 10.1. The number of hydrogen-bond acceptors (Lipinski definition) is 5. The fourth-order valence-corrected chi connectivity index (χ4v) is 2.12. The Hall–Kier alpha value is -1.76. The molecular formula is C10H12N4O2S. The molecule has 90 valence electrons. The highest BCUT2D eigenvalue weighted by Gasteiger charge is 2.21. The van der Waals surface area contributed by atoms with E-state index in [1.165, 1.54) is 16.0 Å². The van der Waals surface area contributed by atoms with Crippen molar-refractivity contribution in [1.29, 1.82) is 0 Å². The topological polar surface area (TPSA) is 80.9 Å². The minimum atomic E-state index is -1.05. The molecule has 0 unspecified atom stereocenters. The van der Waals surface area contributed by atoms with E-state index >= 15 is 0 Å². The van der Waals surface area contributed by atoms with E-state index in [2.05, 4.69) is 15.3 Å². The van der Waals surface area contributed by atoms with Crippen molar-refractivity contribution in [1.82, 2.24) is 20.0 Å². The highest BCUT2D eigenvalue weighted by Crippen LogP contribution is 2.18. The number of aromatic carboxylic acids is 1. The van der Waals surface area contributed by atoms with Crippen LogP contribution in [0.25, 0.3) is 5.13 Å². The molecule has 6 nitrogen and oxygen atoms in total. The van der Waals surface area contributed by atoms with Crippen molar-refractivity contribution in [2.75, 3.05) is 0 Å². The van der Waals surface area contributed by atoms with E-state index in [-0.39, 0.29) is 5.69 Å². The molecule has 0 aromatic carbocycles. The summed E-state index contributed by atoms with van der Waals surface area (Å²) in [5, 5.41) is 19.1. The van der Waals surface area contributed by atoms with Gasteiger partial charge in [0, 0.05) is 11.6 Å². The van der Waals surface area contributed by atoms with Crippen molar-refractivity contribution < 1.29 is 9.90 Å². The van der Waals surface area contributed by atoms with Gasteiger partial charge < -0.3 is 5.11 Å². The van der Waals surface area contributed by atoms with Crippen molar-refractivity contribution in [3.05, 3.63) is 23.0 Å². The summed E-state index contributed by atoms with van der Waals surface area (Å²) in [6.45, 7) is 4.04. The summed E-state index contributed by atoms with van der Waals surface area (Å²) in [6, 6.07) is 0. The van der Waals surface area contributed by atoms with Gasteiger partial charge in [-0.25, -0.2) is 9.78 Å². The van der Waals surface area contributed by atoms with Gasteiger partial charge in [-0.1, -0.05) is 19.1 Å². The van der Waals surface area contributed by atoms with E-state index in [0.717, 1.165) is 0 Å². The van der Waals surface area contributed by atoms with E-state index in [4.69, 9.17) is 5.11 Å². The summed E-state index contributed by atoms with van der Waals surface area (Å²) in [7, 11) is 0. The van der Waals surface area contributed by atoms with Crippen molar-refractivity contribution >= 4 is 17.3 Å². The van der Waals surface area contributed by atoms with E-state index < -0.39 is 5.97 Å². The number of thiazole rings is 1. The highest BCUT2D eigenvalue weighted by molar-refractivity contribution is 7.12. The molecule has 0 aliphatic carbocycles. The first-order chi connectivity index (χ1) is 8.09. The van der Waals surface area contributed by atoms with Gasteiger partial charge >= 0.3 is 5.97 Å². The monoisotopic (exact) mass is 252 g/mol. The van der Waals surface area contributed by atoms with Gasteiger partial charge in [-0.3, -0.25) is 0 Å². The molecule has 2 aromatic heterocycles. The van der Waals surface area contributed by atoms with Crippen LogP contribution in [0, 0.1) is 5.92 Å². The molecule has 7 heteroatoms. The van der Waals surface area contributed by atoms with Gasteiger partial charge in [0.1, 0.15) is 0 Å². The van der Waals surface area contributed by atoms with E-state index in [0.29, 0.717) is 23.2 Å². The Morgan fingerprint density at radius 2 is 2.35 bits per heavy atom. The molecule has 0 fully saturated rings. The summed E-state index contributed by atoms with van der Waals surface area (Å²) in [6.07, 6.45) is 2.26. The van der Waals surface area contributed by atoms with Crippen LogP contribution in [0.4, 0.5) is 0 Å². The maximum absolute atomic E-state index is 11.1. The summed E-state index contributed by atoms with van der Waals surface area (Å²) >= 11 is 1.40. The molecular weight excluding hydrogens is 240 g/mol. The first-order valence-corrected chi connectivity index (χ1v) is 6.05. The van der Waals surface area contributed by atoms with Gasteiger partial charge in [0.05, 0.1) is 5.69 Å². The maximum Gasteiger partial charge on any atom is 0.358 e. The van der Waals surface area contributed by atoms with Crippen molar-refractivity contribution in [3.63, 3.8) is 0 Å². The predicted octanol–water partition coefficient (Wildman–Crippen LogP) is 1.62. The average Bonchev–Trinajstić information content (AvgIpc) is 2.83. The Kier molecular flexibility index (Phi) is 3.19. The molecule has 0 aliphatic rings. The molecule has 0 atom stereocenters. The van der Waals surface area contributed by atoms with Crippen molar-refractivity contribution in [2.45, 2.75) is 20.3 Å². The van der Waals surface area contributed by atoms with Gasteiger partial charge in [-0.05, 0) is 12.3 Å². The van der Waals surface area contributed by atoms with E-state index in [1.54, 1.807) is 6.20 Å². The second-order valence-corrected chi connectivity index (χ2v) is 4.89. The lowest BCUT2D eigenvalue weighted by Crippen LogP contribution is -2.09. The van der Waals surface area contributed by atoms with Crippen LogP contribution in [0.5, 0.6) is 0 Å². The minimum absolute atomic E-state index is 0.00824. The smallest absolute Gasteiger partial charge is 0.358 e. The maximum atomic E-state index is 11.1. The lowest BCUT2D eigenvalue weighted by molar-refractivity contribution is 0.0689. The van der Waals surface area contributed by atoms with Gasteiger partial charge in [-0.2, -0.15) is 4.68 Å². The average molecular weight is 252 g/mol.